The summed E-state index contributed by atoms with van der Waals surface area (Å²) >= 11 is 0. The van der Waals surface area contributed by atoms with Crippen molar-refractivity contribution >= 4 is 24.2 Å². The number of aliphatic hydroxyl groups is 1. The molecule has 0 spiro atoms. The monoisotopic (exact) mass is 449 g/mol. The third-order valence-electron chi connectivity index (χ3n) is 4.82. The maximum Gasteiger partial charge on any atom is 0.332 e. The summed E-state index contributed by atoms with van der Waals surface area (Å²) in [6, 6.07) is 3.95. The zero-order chi connectivity index (χ0) is 24.4. The average Bonchev–Trinajstić information content (AvgIpc) is 2.75. The van der Waals surface area contributed by atoms with Gasteiger partial charge in [0.2, 0.25) is 12.3 Å². The SMILES string of the molecule is CCN(C=O)C(=O)N(Cc1ccc(F)cc1)C(=N)C(C)=C(O)CN[C@@H](CC(C)C)C(N)=O. The Morgan fingerprint density at radius 3 is 2.34 bits per heavy atom. The molecular weight excluding hydrogens is 417 g/mol. The van der Waals surface area contributed by atoms with Gasteiger partial charge in [0.25, 0.3) is 0 Å². The number of amides is 4. The molecule has 0 saturated carbocycles. The summed E-state index contributed by atoms with van der Waals surface area (Å²) in [4.78, 5) is 37.6. The van der Waals surface area contributed by atoms with E-state index in [4.69, 9.17) is 11.1 Å². The third kappa shape index (κ3) is 7.77. The summed E-state index contributed by atoms with van der Waals surface area (Å²) in [5.74, 6) is -1.40. The fourth-order valence-electron chi connectivity index (χ4n) is 2.89. The zero-order valence-electron chi connectivity index (χ0n) is 18.9. The van der Waals surface area contributed by atoms with Crippen molar-refractivity contribution in [2.45, 2.75) is 46.7 Å². The minimum atomic E-state index is -0.758. The van der Waals surface area contributed by atoms with Crippen LogP contribution in [0.2, 0.25) is 0 Å². The molecule has 0 fully saturated rings. The van der Waals surface area contributed by atoms with Gasteiger partial charge in [0.15, 0.2) is 0 Å². The molecule has 0 aliphatic carbocycles. The van der Waals surface area contributed by atoms with Crippen LogP contribution in [0.4, 0.5) is 9.18 Å². The molecule has 9 nitrogen and oxygen atoms in total. The van der Waals surface area contributed by atoms with E-state index in [1.54, 1.807) is 6.92 Å². The van der Waals surface area contributed by atoms with Crippen molar-refractivity contribution in [3.05, 3.63) is 47.0 Å². The molecule has 1 aromatic rings. The fourth-order valence-corrected chi connectivity index (χ4v) is 2.89. The van der Waals surface area contributed by atoms with Crippen molar-refractivity contribution in [2.24, 2.45) is 11.7 Å². The highest BCUT2D eigenvalue weighted by molar-refractivity contribution is 6.07. The molecule has 0 aliphatic heterocycles. The molecule has 10 heteroatoms. The Labute approximate surface area is 187 Å². The molecule has 1 aromatic carbocycles. The fraction of sp³-hybridized carbons (Fsp3) is 0.455. The number of hydrogen-bond donors (Lipinski definition) is 4. The molecule has 0 heterocycles. The van der Waals surface area contributed by atoms with Crippen LogP contribution in [0, 0.1) is 17.1 Å². The quantitative estimate of drug-likeness (QED) is 0.178. The zero-order valence-corrected chi connectivity index (χ0v) is 18.9. The highest BCUT2D eigenvalue weighted by atomic mass is 19.1. The van der Waals surface area contributed by atoms with Gasteiger partial charge >= 0.3 is 6.03 Å². The number of aliphatic hydroxyl groups excluding tert-OH is 1. The second kappa shape index (κ2) is 12.6. The van der Waals surface area contributed by atoms with E-state index in [0.29, 0.717) is 18.4 Å². The van der Waals surface area contributed by atoms with Gasteiger partial charge in [0.1, 0.15) is 17.4 Å². The van der Waals surface area contributed by atoms with Crippen molar-refractivity contribution in [2.75, 3.05) is 13.1 Å². The van der Waals surface area contributed by atoms with Crippen LogP contribution in [0.5, 0.6) is 0 Å². The maximum absolute atomic E-state index is 13.2. The molecule has 0 unspecified atom stereocenters. The number of benzene rings is 1. The van der Waals surface area contributed by atoms with Gasteiger partial charge in [-0.05, 0) is 43.9 Å². The molecule has 1 rings (SSSR count). The summed E-state index contributed by atoms with van der Waals surface area (Å²) < 4.78 is 13.2. The van der Waals surface area contributed by atoms with E-state index >= 15 is 0 Å². The smallest absolute Gasteiger partial charge is 0.332 e. The first-order valence-corrected chi connectivity index (χ1v) is 10.3. The maximum atomic E-state index is 13.2. The van der Waals surface area contributed by atoms with E-state index in [2.05, 4.69) is 5.32 Å². The molecule has 5 N–H and O–H groups in total. The lowest BCUT2D eigenvalue weighted by atomic mass is 10.0. The van der Waals surface area contributed by atoms with Gasteiger partial charge in [-0.15, -0.1) is 0 Å². The van der Waals surface area contributed by atoms with E-state index in [1.807, 2.05) is 13.8 Å². The Balaban J connectivity index is 3.14. The Morgan fingerprint density at radius 1 is 1.28 bits per heavy atom. The van der Waals surface area contributed by atoms with Crippen LogP contribution in [-0.4, -0.2) is 58.2 Å². The van der Waals surface area contributed by atoms with Crippen molar-refractivity contribution in [3.63, 3.8) is 0 Å². The lowest BCUT2D eigenvalue weighted by molar-refractivity contribution is -0.120. The third-order valence-corrected chi connectivity index (χ3v) is 4.82. The molecule has 0 saturated heterocycles. The van der Waals surface area contributed by atoms with Crippen LogP contribution in [0.25, 0.3) is 0 Å². The second-order valence-electron chi connectivity index (χ2n) is 7.77. The Hall–Kier alpha value is -3.27. The normalized spacial score (nSPS) is 12.7. The summed E-state index contributed by atoms with van der Waals surface area (Å²) in [6.07, 6.45) is 0.830. The number of imide groups is 1. The number of nitrogens with two attached hydrogens (primary N) is 1. The number of urea groups is 1. The van der Waals surface area contributed by atoms with Gasteiger partial charge in [-0.1, -0.05) is 26.0 Å². The van der Waals surface area contributed by atoms with E-state index < -0.39 is 23.8 Å². The number of halogens is 1. The topological polar surface area (TPSA) is 140 Å². The van der Waals surface area contributed by atoms with Crippen LogP contribution in [-0.2, 0) is 16.1 Å². The molecule has 4 amide bonds. The number of amidine groups is 1. The van der Waals surface area contributed by atoms with Crippen LogP contribution in [0.3, 0.4) is 0 Å². The number of hydrogen-bond acceptors (Lipinski definition) is 6. The van der Waals surface area contributed by atoms with Gasteiger partial charge in [-0.25, -0.2) is 9.18 Å². The van der Waals surface area contributed by atoms with Gasteiger partial charge < -0.3 is 10.8 Å². The predicted octanol–water partition coefficient (Wildman–Crippen LogP) is 2.52. The summed E-state index contributed by atoms with van der Waals surface area (Å²) in [5.41, 5.74) is 6.00. The van der Waals surface area contributed by atoms with Gasteiger partial charge in [-0.3, -0.25) is 30.1 Å². The standard InChI is InChI=1S/C22H32FN5O4/c1-5-27(13-29)22(32)28(12-16-6-8-17(23)9-7-16)20(24)15(4)19(30)11-26-18(21(25)31)10-14(2)3/h6-9,13-14,18,24,26,30H,5,10-12H2,1-4H3,(H2,25,31)/t18-/m0/s1. The van der Waals surface area contributed by atoms with Crippen LogP contribution < -0.4 is 11.1 Å². The van der Waals surface area contributed by atoms with Gasteiger partial charge in [0, 0.05) is 12.1 Å². The lowest BCUT2D eigenvalue weighted by Gasteiger charge is -2.28. The van der Waals surface area contributed by atoms with E-state index in [9.17, 15) is 23.9 Å². The number of rotatable bonds is 11. The Bertz CT molecular complexity index is 854. The number of nitrogens with zero attached hydrogens (tertiary/aromatic N) is 2. The van der Waals surface area contributed by atoms with Crippen LogP contribution in [0.15, 0.2) is 35.6 Å². The number of carbonyl (C=O) groups excluding carboxylic acids is 3. The van der Waals surface area contributed by atoms with Crippen molar-refractivity contribution in [1.82, 2.24) is 15.1 Å². The van der Waals surface area contributed by atoms with Crippen molar-refractivity contribution in [1.29, 1.82) is 5.41 Å². The van der Waals surface area contributed by atoms with E-state index in [-0.39, 0.29) is 42.7 Å². The highest BCUT2D eigenvalue weighted by Gasteiger charge is 2.26. The first-order valence-electron chi connectivity index (χ1n) is 10.3. The van der Waals surface area contributed by atoms with Gasteiger partial charge in [-0.2, -0.15) is 0 Å². The van der Waals surface area contributed by atoms with Crippen molar-refractivity contribution < 1.29 is 23.9 Å². The minimum Gasteiger partial charge on any atom is -0.511 e. The predicted molar refractivity (Wildman–Crippen MR) is 119 cm³/mol. The van der Waals surface area contributed by atoms with Crippen LogP contribution >= 0.6 is 0 Å². The molecule has 0 radical (unpaired) electrons. The number of primary amides is 1. The first-order chi connectivity index (χ1) is 15.0. The van der Waals surface area contributed by atoms with Gasteiger partial charge in [0.05, 0.1) is 19.1 Å². The Morgan fingerprint density at radius 2 is 1.88 bits per heavy atom. The highest BCUT2D eigenvalue weighted by Crippen LogP contribution is 2.15. The lowest BCUT2D eigenvalue weighted by Crippen LogP contribution is -2.46. The Kier molecular flexibility index (Phi) is 10.5. The summed E-state index contributed by atoms with van der Waals surface area (Å²) in [6.45, 7) is 6.74. The molecule has 0 bridgehead atoms. The molecule has 0 aliphatic rings. The molecule has 0 aromatic heterocycles. The van der Waals surface area contributed by atoms with Crippen LogP contribution in [0.1, 0.15) is 39.7 Å². The minimum absolute atomic E-state index is 0.0719. The molecule has 1 atom stereocenters. The molecular formula is C22H32FN5O4. The number of nitrogens with one attached hydrogen (secondary N) is 2. The second-order valence-corrected chi connectivity index (χ2v) is 7.77. The summed E-state index contributed by atoms with van der Waals surface area (Å²) in [5, 5.41) is 21.8. The van der Waals surface area contributed by atoms with Crippen molar-refractivity contribution in [3.8, 4) is 0 Å². The average molecular weight is 450 g/mol. The summed E-state index contributed by atoms with van der Waals surface area (Å²) in [7, 11) is 0. The number of carbonyl (C=O) groups is 3. The van der Waals surface area contributed by atoms with E-state index in [1.165, 1.54) is 31.2 Å². The molecule has 176 valence electrons. The van der Waals surface area contributed by atoms with E-state index in [0.717, 1.165) is 9.80 Å². The first kappa shape index (κ1) is 26.8. The molecule has 32 heavy (non-hydrogen) atoms. The largest absolute Gasteiger partial charge is 0.511 e.